The molecule has 0 fully saturated rings. The topological polar surface area (TPSA) is 114 Å². The summed E-state index contributed by atoms with van der Waals surface area (Å²) in [6.45, 7) is 0. The summed E-state index contributed by atoms with van der Waals surface area (Å²) in [6, 6.07) is 14.2. The molecule has 7 heteroatoms. The predicted octanol–water partition coefficient (Wildman–Crippen LogP) is -0.699. The summed E-state index contributed by atoms with van der Waals surface area (Å²) in [5.41, 5.74) is 8.03. The molecule has 0 bridgehead atoms. The van der Waals surface area contributed by atoms with Gasteiger partial charge in [-0.2, -0.15) is 4.40 Å². The van der Waals surface area contributed by atoms with Gasteiger partial charge in [0, 0.05) is 22.9 Å². The fourth-order valence-corrected chi connectivity index (χ4v) is 1.94. The first-order chi connectivity index (χ1) is 9.36. The number of halogens is 1. The van der Waals surface area contributed by atoms with Gasteiger partial charge >= 0.3 is 28.9 Å². The van der Waals surface area contributed by atoms with Crippen molar-refractivity contribution >= 4 is 22.0 Å². The van der Waals surface area contributed by atoms with Crippen LogP contribution in [0.3, 0.4) is 0 Å². The SMILES string of the molecule is Nc1c2ccccc2c[n+]2ccccc12.[O-][Cl+](O)(O)O. The Morgan fingerprint density at radius 2 is 1.60 bits per heavy atom. The summed E-state index contributed by atoms with van der Waals surface area (Å²) in [4.78, 5) is 0. The third-order valence-corrected chi connectivity index (χ3v) is 2.70. The van der Waals surface area contributed by atoms with Gasteiger partial charge in [0.05, 0.1) is 0 Å². The van der Waals surface area contributed by atoms with E-state index in [0.717, 1.165) is 16.6 Å². The zero-order valence-electron chi connectivity index (χ0n) is 10.3. The molecule has 0 aliphatic carbocycles. The first-order valence-electron chi connectivity index (χ1n) is 5.59. The molecule has 3 rings (SSSR count). The summed E-state index contributed by atoms with van der Waals surface area (Å²) in [6.07, 6.45) is 4.11. The van der Waals surface area contributed by atoms with Gasteiger partial charge in [-0.05, 0) is 12.1 Å². The van der Waals surface area contributed by atoms with Gasteiger partial charge in [-0.25, -0.2) is 0 Å². The molecule has 0 spiro atoms. The van der Waals surface area contributed by atoms with E-state index in [9.17, 15) is 0 Å². The van der Waals surface area contributed by atoms with Gasteiger partial charge in [-0.1, -0.05) is 18.2 Å². The number of hydrogen-bond donors (Lipinski definition) is 4. The molecule has 3 aromatic rings. The second-order valence-corrected chi connectivity index (χ2v) is 4.92. The number of rotatable bonds is 0. The summed E-state index contributed by atoms with van der Waals surface area (Å²) >= 11 is 0. The van der Waals surface area contributed by atoms with Crippen molar-refractivity contribution in [3.8, 4) is 0 Å². The van der Waals surface area contributed by atoms with Gasteiger partial charge in [0.2, 0.25) is 5.52 Å². The number of nitrogen functional groups attached to an aromatic ring is 1. The number of nitrogens with two attached hydrogens (primary N) is 1. The maximum absolute atomic E-state index is 8.83. The molecule has 1 aromatic carbocycles. The van der Waals surface area contributed by atoms with E-state index in [1.165, 1.54) is 5.39 Å². The van der Waals surface area contributed by atoms with E-state index in [0.29, 0.717) is 0 Å². The molecule has 2 aromatic heterocycles. The molecule has 106 valence electrons. The first kappa shape index (κ1) is 14.4. The molecule has 6 nitrogen and oxygen atoms in total. The van der Waals surface area contributed by atoms with Crippen molar-refractivity contribution in [2.24, 2.45) is 0 Å². The Bertz CT molecular complexity index is 683. The molecule has 0 unspecified atom stereocenters. The number of anilines is 1. The Morgan fingerprint density at radius 3 is 2.30 bits per heavy atom. The monoisotopic (exact) mass is 297 g/mol. The Morgan fingerprint density at radius 1 is 1.00 bits per heavy atom. The van der Waals surface area contributed by atoms with Gasteiger partial charge in [0.15, 0.2) is 12.4 Å². The molecule has 0 aliphatic heterocycles. The molecule has 0 saturated carbocycles. The van der Waals surface area contributed by atoms with E-state index in [2.05, 4.69) is 22.7 Å². The Balaban J connectivity index is 0.000000257. The van der Waals surface area contributed by atoms with Crippen molar-refractivity contribution in [2.75, 3.05) is 5.73 Å². The number of nitrogens with zero attached hydrogens (tertiary/aromatic N) is 1. The second-order valence-electron chi connectivity index (χ2n) is 4.06. The van der Waals surface area contributed by atoms with Crippen molar-refractivity contribution in [3.05, 3.63) is 54.9 Å². The summed E-state index contributed by atoms with van der Waals surface area (Å²) in [5, 5.41) is 2.28. The number of benzene rings is 1. The van der Waals surface area contributed by atoms with Crippen LogP contribution >= 0.6 is 0 Å². The van der Waals surface area contributed by atoms with Crippen LogP contribution in [0.1, 0.15) is 0 Å². The van der Waals surface area contributed by atoms with Crippen LogP contribution in [0.5, 0.6) is 0 Å². The van der Waals surface area contributed by atoms with Crippen LogP contribution in [-0.4, -0.2) is 14.0 Å². The van der Waals surface area contributed by atoms with Crippen molar-refractivity contribution < 1.29 is 33.3 Å². The number of pyridine rings is 2. The van der Waals surface area contributed by atoms with Crippen molar-refractivity contribution in [1.82, 2.24) is 0 Å². The van der Waals surface area contributed by atoms with Crippen molar-refractivity contribution in [1.29, 1.82) is 0 Å². The van der Waals surface area contributed by atoms with Gasteiger partial charge in [0.1, 0.15) is 5.69 Å². The average Bonchev–Trinajstić information content (AvgIpc) is 2.37. The molecule has 5 N–H and O–H groups in total. The molecule has 0 radical (unpaired) electrons. The molecule has 0 aliphatic rings. The molecular weight excluding hydrogens is 284 g/mol. The van der Waals surface area contributed by atoms with Crippen LogP contribution in [0.25, 0.3) is 16.3 Å². The third-order valence-electron chi connectivity index (χ3n) is 2.70. The van der Waals surface area contributed by atoms with E-state index < -0.39 is 10.2 Å². The number of hydrogen-bond acceptors (Lipinski definition) is 5. The van der Waals surface area contributed by atoms with E-state index >= 15 is 0 Å². The third kappa shape index (κ3) is 3.53. The van der Waals surface area contributed by atoms with Gasteiger partial charge in [0.25, 0.3) is 0 Å². The summed E-state index contributed by atoms with van der Waals surface area (Å²) in [7, 11) is -4.19. The quantitative estimate of drug-likeness (QED) is 0.324. The Labute approximate surface area is 116 Å². The van der Waals surface area contributed by atoms with Gasteiger partial charge in [-0.15, -0.1) is 0 Å². The van der Waals surface area contributed by atoms with E-state index in [1.807, 2.05) is 36.5 Å². The van der Waals surface area contributed by atoms with Crippen LogP contribution in [0.2, 0.25) is 0 Å². The molecule has 0 saturated heterocycles. The number of fused-ring (bicyclic) bond motifs is 2. The minimum atomic E-state index is -4.19. The van der Waals surface area contributed by atoms with Crippen LogP contribution < -0.4 is 14.8 Å². The van der Waals surface area contributed by atoms with Gasteiger partial charge in [-0.3, -0.25) is 0 Å². The van der Waals surface area contributed by atoms with Crippen LogP contribution in [0.4, 0.5) is 5.69 Å². The molecular formula is C13H14ClN2O4+. The molecule has 0 amide bonds. The predicted molar refractivity (Wildman–Crippen MR) is 68.2 cm³/mol. The van der Waals surface area contributed by atoms with Crippen LogP contribution in [0.15, 0.2) is 54.9 Å². The van der Waals surface area contributed by atoms with Crippen LogP contribution in [-0.2, 0) is 0 Å². The van der Waals surface area contributed by atoms with Crippen molar-refractivity contribution in [2.45, 2.75) is 0 Å². The maximum atomic E-state index is 8.83. The molecule has 0 atom stereocenters. The normalized spacial score (nSPS) is 12.0. The van der Waals surface area contributed by atoms with Crippen molar-refractivity contribution in [3.63, 3.8) is 0 Å². The standard InChI is InChI=1S/C13H11N2.ClH3O4/c14-13-11-6-2-1-5-10(11)9-15-8-4-3-7-12(13)15;2-1(3,4)5/h1-9H,14H2;2-4H/q+1;. The van der Waals surface area contributed by atoms with E-state index in [1.54, 1.807) is 0 Å². The van der Waals surface area contributed by atoms with E-state index in [4.69, 9.17) is 24.4 Å². The summed E-state index contributed by atoms with van der Waals surface area (Å²) < 4.78 is 32.3. The second kappa shape index (κ2) is 5.58. The zero-order chi connectivity index (χ0) is 14.8. The minimum absolute atomic E-state index is 0.841. The van der Waals surface area contributed by atoms with E-state index in [-0.39, 0.29) is 0 Å². The Hall–Kier alpha value is -1.96. The molecule has 20 heavy (non-hydrogen) atoms. The summed E-state index contributed by atoms with van der Waals surface area (Å²) in [5.74, 6) is 0. The Kier molecular flexibility index (Phi) is 4.03. The fraction of sp³-hybridized carbons (Fsp3) is 0. The van der Waals surface area contributed by atoms with Gasteiger partial charge < -0.3 is 5.73 Å². The first-order valence-corrected chi connectivity index (χ1v) is 6.92. The van der Waals surface area contributed by atoms with Crippen LogP contribution in [0, 0.1) is 10.2 Å². The number of aromatic nitrogens is 1. The fourth-order valence-electron chi connectivity index (χ4n) is 1.94. The zero-order valence-corrected chi connectivity index (χ0v) is 11.1. The average molecular weight is 298 g/mol. The molecule has 2 heterocycles.